The molecule has 0 atom stereocenters. The Morgan fingerprint density at radius 1 is 1.06 bits per heavy atom. The van der Waals surface area contributed by atoms with Crippen LogP contribution in [0, 0.1) is 0 Å². The number of carboxylic acid groups (broad SMARTS) is 1. The summed E-state index contributed by atoms with van der Waals surface area (Å²) in [7, 11) is 0. The average molecular weight is 234 g/mol. The molecule has 0 spiro atoms. The van der Waals surface area contributed by atoms with Gasteiger partial charge in [-0.25, -0.2) is 11.7 Å². The average Bonchev–Trinajstić information content (AvgIpc) is 2.24. The van der Waals surface area contributed by atoms with Crippen LogP contribution in [0.25, 0.3) is 0 Å². The van der Waals surface area contributed by atoms with Crippen LogP contribution in [0.2, 0.25) is 0 Å². The van der Waals surface area contributed by atoms with Gasteiger partial charge in [-0.15, -0.1) is 0 Å². The van der Waals surface area contributed by atoms with Gasteiger partial charge in [0, 0.05) is 19.8 Å². The molecule has 0 aromatic carbocycles. The minimum Gasteiger partial charge on any atom is -0.481 e. The molecule has 0 unspecified atom stereocenters. The SMILES string of the molecule is CC(=O)NN.NNC(=O)CCCCC(=O)O. The molecule has 0 aliphatic heterocycles. The second kappa shape index (κ2) is 11.4. The third kappa shape index (κ3) is 18.2. The van der Waals surface area contributed by atoms with Gasteiger partial charge >= 0.3 is 5.97 Å². The van der Waals surface area contributed by atoms with Gasteiger partial charge in [-0.05, 0) is 12.8 Å². The van der Waals surface area contributed by atoms with Crippen molar-refractivity contribution < 1.29 is 19.5 Å². The fourth-order valence-electron chi connectivity index (χ4n) is 0.634. The molecule has 7 N–H and O–H groups in total. The number of hydrogen-bond donors (Lipinski definition) is 5. The molecule has 8 nitrogen and oxygen atoms in total. The first-order chi connectivity index (χ1) is 7.43. The zero-order chi connectivity index (χ0) is 13.0. The van der Waals surface area contributed by atoms with Crippen molar-refractivity contribution in [3.63, 3.8) is 0 Å². The minimum absolute atomic E-state index is 0.109. The van der Waals surface area contributed by atoms with E-state index in [1.54, 1.807) is 0 Å². The van der Waals surface area contributed by atoms with Crippen LogP contribution in [0.5, 0.6) is 0 Å². The van der Waals surface area contributed by atoms with E-state index in [-0.39, 0.29) is 18.2 Å². The Morgan fingerprint density at radius 3 is 1.81 bits per heavy atom. The van der Waals surface area contributed by atoms with E-state index in [0.717, 1.165) is 0 Å². The number of hydrazine groups is 2. The molecule has 0 rings (SSSR count). The van der Waals surface area contributed by atoms with Crippen LogP contribution >= 0.6 is 0 Å². The van der Waals surface area contributed by atoms with E-state index in [9.17, 15) is 14.4 Å². The molecule has 8 heteroatoms. The zero-order valence-corrected chi connectivity index (χ0v) is 9.16. The summed E-state index contributed by atoms with van der Waals surface area (Å²) < 4.78 is 0. The van der Waals surface area contributed by atoms with Gasteiger partial charge in [-0.3, -0.25) is 25.2 Å². The molecule has 0 aromatic heterocycles. The van der Waals surface area contributed by atoms with E-state index in [4.69, 9.17) is 10.9 Å². The number of carbonyl (C=O) groups excluding carboxylic acids is 2. The van der Waals surface area contributed by atoms with Crippen molar-refractivity contribution in [2.24, 2.45) is 11.7 Å². The summed E-state index contributed by atoms with van der Waals surface area (Å²) in [5.41, 5.74) is 3.86. The van der Waals surface area contributed by atoms with Gasteiger partial charge in [0.2, 0.25) is 11.8 Å². The van der Waals surface area contributed by atoms with Crippen LogP contribution < -0.4 is 22.5 Å². The number of hydrogen-bond acceptors (Lipinski definition) is 5. The van der Waals surface area contributed by atoms with Crippen molar-refractivity contribution in [3.05, 3.63) is 0 Å². The maximum Gasteiger partial charge on any atom is 0.303 e. The monoisotopic (exact) mass is 234 g/mol. The topological polar surface area (TPSA) is 148 Å². The number of carboxylic acids is 1. The fraction of sp³-hybridized carbons (Fsp3) is 0.625. The predicted molar refractivity (Wildman–Crippen MR) is 56.4 cm³/mol. The Kier molecular flexibility index (Phi) is 11.9. The Morgan fingerprint density at radius 2 is 1.50 bits per heavy atom. The molecule has 0 saturated heterocycles. The predicted octanol–water partition coefficient (Wildman–Crippen LogP) is -1.38. The zero-order valence-electron chi connectivity index (χ0n) is 9.16. The van der Waals surface area contributed by atoms with E-state index in [1.807, 2.05) is 10.9 Å². The summed E-state index contributed by atoms with van der Waals surface area (Å²) in [5, 5.41) is 8.21. The number of rotatable bonds is 5. The highest BCUT2D eigenvalue weighted by molar-refractivity contribution is 5.75. The van der Waals surface area contributed by atoms with Crippen molar-refractivity contribution in [2.45, 2.75) is 32.6 Å². The van der Waals surface area contributed by atoms with Gasteiger partial charge in [-0.1, -0.05) is 0 Å². The second-order valence-electron chi connectivity index (χ2n) is 2.87. The van der Waals surface area contributed by atoms with Crippen molar-refractivity contribution in [1.29, 1.82) is 0 Å². The first kappa shape index (κ1) is 16.7. The molecule has 2 amide bonds. The molecule has 0 fully saturated rings. The molecule has 0 aliphatic carbocycles. The standard InChI is InChI=1S/C6H12N2O3.C2H6N2O/c7-8-5(9)3-1-2-4-6(10)11;1-2(5)4-3/h1-4,7H2,(H,8,9)(H,10,11);3H2,1H3,(H,4,5). The number of carbonyl (C=O) groups is 3. The molecule has 0 aliphatic rings. The van der Waals surface area contributed by atoms with Gasteiger partial charge in [0.15, 0.2) is 0 Å². The summed E-state index contributed by atoms with van der Waals surface area (Å²) in [6, 6.07) is 0. The lowest BCUT2D eigenvalue weighted by Crippen LogP contribution is -2.29. The van der Waals surface area contributed by atoms with E-state index in [2.05, 4.69) is 5.84 Å². The summed E-state index contributed by atoms with van der Waals surface area (Å²) in [6.07, 6.45) is 1.49. The van der Waals surface area contributed by atoms with Crippen LogP contribution in [0.1, 0.15) is 32.6 Å². The summed E-state index contributed by atoms with van der Waals surface area (Å²) in [4.78, 5) is 30.0. The van der Waals surface area contributed by atoms with Crippen molar-refractivity contribution >= 4 is 17.8 Å². The number of nitrogens with two attached hydrogens (primary N) is 2. The fourth-order valence-corrected chi connectivity index (χ4v) is 0.634. The van der Waals surface area contributed by atoms with E-state index < -0.39 is 5.97 Å². The maximum absolute atomic E-state index is 10.5. The van der Waals surface area contributed by atoms with Crippen LogP contribution in [-0.2, 0) is 14.4 Å². The lowest BCUT2D eigenvalue weighted by atomic mass is 10.2. The first-order valence-corrected chi connectivity index (χ1v) is 4.62. The molecular formula is C8H18N4O4. The van der Waals surface area contributed by atoms with Gasteiger partial charge < -0.3 is 5.11 Å². The van der Waals surface area contributed by atoms with Crippen LogP contribution in [0.3, 0.4) is 0 Å². The number of unbranched alkanes of at least 4 members (excludes halogenated alkanes) is 1. The second-order valence-corrected chi connectivity index (χ2v) is 2.87. The summed E-state index contributed by atoms with van der Waals surface area (Å²) in [6.45, 7) is 1.35. The van der Waals surface area contributed by atoms with Crippen molar-refractivity contribution in [2.75, 3.05) is 0 Å². The van der Waals surface area contributed by atoms with Gasteiger partial charge in [-0.2, -0.15) is 0 Å². The van der Waals surface area contributed by atoms with E-state index in [0.29, 0.717) is 19.3 Å². The highest BCUT2D eigenvalue weighted by Gasteiger charge is 1.99. The Hall–Kier alpha value is -1.67. The molecule has 0 saturated carbocycles. The van der Waals surface area contributed by atoms with Gasteiger partial charge in [0.05, 0.1) is 0 Å². The molecule has 16 heavy (non-hydrogen) atoms. The molecule has 0 heterocycles. The first-order valence-electron chi connectivity index (χ1n) is 4.62. The highest BCUT2D eigenvalue weighted by atomic mass is 16.4. The summed E-state index contributed by atoms with van der Waals surface area (Å²) >= 11 is 0. The molecule has 0 bridgehead atoms. The van der Waals surface area contributed by atoms with E-state index in [1.165, 1.54) is 6.92 Å². The number of nitrogens with one attached hydrogen (secondary N) is 2. The third-order valence-electron chi connectivity index (χ3n) is 1.41. The molecule has 94 valence electrons. The largest absolute Gasteiger partial charge is 0.481 e. The van der Waals surface area contributed by atoms with Crippen molar-refractivity contribution in [3.8, 4) is 0 Å². The third-order valence-corrected chi connectivity index (χ3v) is 1.41. The number of amides is 2. The summed E-state index contributed by atoms with van der Waals surface area (Å²) in [5.74, 6) is 8.06. The Labute approximate surface area is 93.3 Å². The van der Waals surface area contributed by atoms with Crippen molar-refractivity contribution in [1.82, 2.24) is 10.9 Å². The van der Waals surface area contributed by atoms with Crippen LogP contribution in [0.4, 0.5) is 0 Å². The van der Waals surface area contributed by atoms with Crippen LogP contribution in [0.15, 0.2) is 0 Å². The quantitative estimate of drug-likeness (QED) is 0.171. The molecule has 0 radical (unpaired) electrons. The number of aliphatic carboxylic acids is 1. The Bertz CT molecular complexity index is 232. The van der Waals surface area contributed by atoms with Crippen LogP contribution in [-0.4, -0.2) is 22.9 Å². The van der Waals surface area contributed by atoms with E-state index >= 15 is 0 Å². The molecule has 0 aromatic rings. The van der Waals surface area contributed by atoms with Gasteiger partial charge in [0.25, 0.3) is 0 Å². The highest BCUT2D eigenvalue weighted by Crippen LogP contribution is 1.98. The lowest BCUT2D eigenvalue weighted by molar-refractivity contribution is -0.137. The molecular weight excluding hydrogens is 216 g/mol. The normalized spacial score (nSPS) is 8.44. The Balaban J connectivity index is 0. The maximum atomic E-state index is 10.5. The smallest absolute Gasteiger partial charge is 0.303 e. The minimum atomic E-state index is -0.835. The van der Waals surface area contributed by atoms with Gasteiger partial charge in [0.1, 0.15) is 0 Å². The lowest BCUT2D eigenvalue weighted by Gasteiger charge is -1.96.